The first-order valence-electron chi connectivity index (χ1n) is 8.08. The first-order valence-corrected chi connectivity index (χ1v) is 8.96. The molecule has 0 spiro atoms. The molecule has 1 atom stereocenters. The Morgan fingerprint density at radius 1 is 1.26 bits per heavy atom. The minimum Gasteiger partial charge on any atom is -0.340 e. The summed E-state index contributed by atoms with van der Waals surface area (Å²) in [5.41, 5.74) is 1.13. The summed E-state index contributed by atoms with van der Waals surface area (Å²) in [6.45, 7) is 1.56. The number of nitrogens with zero attached hydrogens (tertiary/aromatic N) is 4. The fourth-order valence-electron chi connectivity index (χ4n) is 2.94. The largest absolute Gasteiger partial charge is 0.340 e. The van der Waals surface area contributed by atoms with E-state index in [1.54, 1.807) is 18.5 Å². The molecule has 6 nitrogen and oxygen atoms in total. The van der Waals surface area contributed by atoms with Crippen LogP contribution in [0.2, 0.25) is 0 Å². The maximum atomic E-state index is 12.5. The molecule has 2 fully saturated rings. The van der Waals surface area contributed by atoms with E-state index in [0.29, 0.717) is 18.4 Å². The summed E-state index contributed by atoms with van der Waals surface area (Å²) in [6.07, 6.45) is 7.80. The van der Waals surface area contributed by atoms with E-state index >= 15 is 0 Å². The zero-order chi connectivity index (χ0) is 15.6. The van der Waals surface area contributed by atoms with Crippen molar-refractivity contribution in [2.24, 2.45) is 5.92 Å². The molecule has 7 heteroatoms. The van der Waals surface area contributed by atoms with Gasteiger partial charge in [-0.1, -0.05) is 0 Å². The summed E-state index contributed by atoms with van der Waals surface area (Å²) in [7, 11) is 0. The maximum absolute atomic E-state index is 12.5. The lowest BCUT2D eigenvalue weighted by Crippen LogP contribution is -2.41. The van der Waals surface area contributed by atoms with E-state index in [1.165, 1.54) is 24.2 Å². The molecule has 1 amide bonds. The second-order valence-corrected chi connectivity index (χ2v) is 7.03. The number of amides is 1. The van der Waals surface area contributed by atoms with Crippen molar-refractivity contribution in [2.75, 3.05) is 23.3 Å². The molecule has 3 heterocycles. The van der Waals surface area contributed by atoms with E-state index in [4.69, 9.17) is 0 Å². The summed E-state index contributed by atoms with van der Waals surface area (Å²) in [5, 5.41) is 5.78. The molecular weight excluding hydrogens is 310 g/mol. The van der Waals surface area contributed by atoms with Crippen molar-refractivity contribution in [2.45, 2.75) is 31.6 Å². The summed E-state index contributed by atoms with van der Waals surface area (Å²) in [6, 6.07) is 1.80. The molecule has 1 unspecified atom stereocenters. The maximum Gasteiger partial charge on any atom is 0.231 e. The molecule has 4 rings (SSSR count). The van der Waals surface area contributed by atoms with E-state index in [2.05, 4.69) is 30.5 Å². The van der Waals surface area contributed by atoms with Gasteiger partial charge in [0.25, 0.3) is 0 Å². The Morgan fingerprint density at radius 2 is 2.09 bits per heavy atom. The van der Waals surface area contributed by atoms with Crippen molar-refractivity contribution in [3.8, 4) is 0 Å². The average molecular weight is 329 g/mol. The van der Waals surface area contributed by atoms with Gasteiger partial charge in [-0.05, 0) is 31.7 Å². The highest BCUT2D eigenvalue weighted by atomic mass is 32.1. The number of carbonyl (C=O) groups is 1. The van der Waals surface area contributed by atoms with Crippen molar-refractivity contribution >= 4 is 28.3 Å². The molecule has 2 aromatic heterocycles. The second kappa shape index (κ2) is 6.23. The van der Waals surface area contributed by atoms with Crippen LogP contribution in [-0.2, 0) is 4.79 Å². The zero-order valence-electron chi connectivity index (χ0n) is 12.8. The van der Waals surface area contributed by atoms with E-state index in [9.17, 15) is 4.79 Å². The van der Waals surface area contributed by atoms with Gasteiger partial charge in [-0.15, -0.1) is 11.3 Å². The predicted octanol–water partition coefficient (Wildman–Crippen LogP) is 2.67. The van der Waals surface area contributed by atoms with Crippen LogP contribution in [0.4, 0.5) is 11.1 Å². The number of piperidine rings is 1. The van der Waals surface area contributed by atoms with Crippen LogP contribution in [0.5, 0.6) is 0 Å². The van der Waals surface area contributed by atoms with Crippen molar-refractivity contribution in [1.29, 1.82) is 0 Å². The van der Waals surface area contributed by atoms with Gasteiger partial charge in [0.2, 0.25) is 11.9 Å². The monoisotopic (exact) mass is 329 g/mol. The summed E-state index contributed by atoms with van der Waals surface area (Å²) >= 11 is 1.53. The van der Waals surface area contributed by atoms with Crippen LogP contribution in [0.3, 0.4) is 0 Å². The highest BCUT2D eigenvalue weighted by Crippen LogP contribution is 2.40. The molecular formula is C16H19N5OS. The second-order valence-electron chi connectivity index (χ2n) is 6.18. The average Bonchev–Trinajstić information content (AvgIpc) is 3.36. The molecule has 1 aliphatic heterocycles. The quantitative estimate of drug-likeness (QED) is 0.934. The van der Waals surface area contributed by atoms with Gasteiger partial charge in [-0.2, -0.15) is 0 Å². The first-order chi connectivity index (χ1) is 11.3. The lowest BCUT2D eigenvalue weighted by molar-refractivity contribution is -0.120. The fourth-order valence-corrected chi connectivity index (χ4v) is 3.74. The molecule has 0 bridgehead atoms. The third-order valence-electron chi connectivity index (χ3n) is 4.37. The number of hydrogen-bond donors (Lipinski definition) is 1. The number of aromatic nitrogens is 3. The zero-order valence-corrected chi connectivity index (χ0v) is 13.6. The molecule has 0 radical (unpaired) electrons. The van der Waals surface area contributed by atoms with Crippen LogP contribution in [0.15, 0.2) is 23.8 Å². The van der Waals surface area contributed by atoms with Crippen LogP contribution >= 0.6 is 11.3 Å². The molecule has 1 saturated carbocycles. The smallest absolute Gasteiger partial charge is 0.231 e. The highest BCUT2D eigenvalue weighted by molar-refractivity contribution is 7.13. The molecule has 23 heavy (non-hydrogen) atoms. The van der Waals surface area contributed by atoms with Crippen LogP contribution in [-0.4, -0.2) is 33.9 Å². The number of nitrogens with one attached hydrogen (secondary N) is 1. The lowest BCUT2D eigenvalue weighted by Gasteiger charge is -2.31. The van der Waals surface area contributed by atoms with Gasteiger partial charge < -0.3 is 10.2 Å². The lowest BCUT2D eigenvalue weighted by atomic mass is 9.97. The highest BCUT2D eigenvalue weighted by Gasteiger charge is 2.29. The number of rotatable bonds is 4. The topological polar surface area (TPSA) is 71.0 Å². The van der Waals surface area contributed by atoms with Gasteiger partial charge in [0.1, 0.15) is 0 Å². The van der Waals surface area contributed by atoms with Gasteiger partial charge in [0.15, 0.2) is 5.13 Å². The molecule has 1 saturated heterocycles. The van der Waals surface area contributed by atoms with Crippen molar-refractivity contribution in [3.63, 3.8) is 0 Å². The molecule has 2 aromatic rings. The van der Waals surface area contributed by atoms with Gasteiger partial charge in [-0.25, -0.2) is 15.0 Å². The van der Waals surface area contributed by atoms with Gasteiger partial charge in [0, 0.05) is 36.8 Å². The normalized spacial score (nSPS) is 21.2. The Labute approximate surface area is 139 Å². The van der Waals surface area contributed by atoms with E-state index in [0.717, 1.165) is 30.2 Å². The van der Waals surface area contributed by atoms with E-state index < -0.39 is 0 Å². The summed E-state index contributed by atoms with van der Waals surface area (Å²) < 4.78 is 0. The first kappa shape index (κ1) is 14.6. The van der Waals surface area contributed by atoms with Crippen molar-refractivity contribution in [1.82, 2.24) is 15.0 Å². The van der Waals surface area contributed by atoms with E-state index in [-0.39, 0.29) is 11.8 Å². The Bertz CT molecular complexity index is 685. The van der Waals surface area contributed by atoms with Gasteiger partial charge >= 0.3 is 0 Å². The van der Waals surface area contributed by atoms with Crippen LogP contribution in [0.25, 0.3) is 0 Å². The van der Waals surface area contributed by atoms with Gasteiger partial charge in [0.05, 0.1) is 11.6 Å². The summed E-state index contributed by atoms with van der Waals surface area (Å²) in [4.78, 5) is 27.7. The van der Waals surface area contributed by atoms with Crippen molar-refractivity contribution < 1.29 is 4.79 Å². The Hall–Kier alpha value is -2.02. The number of anilines is 2. The van der Waals surface area contributed by atoms with Gasteiger partial charge in [-0.3, -0.25) is 4.79 Å². The van der Waals surface area contributed by atoms with E-state index in [1.807, 2.05) is 0 Å². The predicted molar refractivity (Wildman–Crippen MR) is 89.7 cm³/mol. The number of carbonyl (C=O) groups excluding carboxylic acids is 1. The fraction of sp³-hybridized carbons (Fsp3) is 0.500. The van der Waals surface area contributed by atoms with Crippen molar-refractivity contribution in [3.05, 3.63) is 29.5 Å². The molecule has 1 aliphatic carbocycles. The Kier molecular flexibility index (Phi) is 3.95. The van der Waals surface area contributed by atoms with Crippen LogP contribution in [0.1, 0.15) is 37.3 Å². The third kappa shape index (κ3) is 3.34. The minimum absolute atomic E-state index is 0.0409. The van der Waals surface area contributed by atoms with Crippen LogP contribution in [0, 0.1) is 5.92 Å². The third-order valence-corrected chi connectivity index (χ3v) is 5.15. The number of hydrogen-bond acceptors (Lipinski definition) is 6. The minimum atomic E-state index is -0.0409. The summed E-state index contributed by atoms with van der Waals surface area (Å²) in [5.74, 6) is 1.34. The van der Waals surface area contributed by atoms with Crippen LogP contribution < -0.4 is 10.2 Å². The molecule has 2 aliphatic rings. The standard InChI is InChI=1S/C16H19N5OS/c22-14(20-16-19-13(10-23-16)11-4-5-11)12-3-1-8-21(9-12)15-17-6-2-7-18-15/h2,6-7,10-12H,1,3-5,8-9H2,(H,19,20,22). The molecule has 120 valence electrons. The Balaban J connectivity index is 1.39. The molecule has 1 N–H and O–H groups in total. The SMILES string of the molecule is O=C(Nc1nc(C2CC2)cs1)C1CCCN(c2ncccn2)C1. The molecule has 0 aromatic carbocycles. The Morgan fingerprint density at radius 3 is 2.87 bits per heavy atom. The number of thiazole rings is 1.